The molecule has 0 radical (unpaired) electrons. The molecule has 3 aromatic rings. The Morgan fingerprint density at radius 3 is 2.22 bits per heavy atom. The summed E-state index contributed by atoms with van der Waals surface area (Å²) < 4.78 is 28.1. The topological polar surface area (TPSA) is 40.6 Å². The van der Waals surface area contributed by atoms with Gasteiger partial charge in [0.1, 0.15) is 0 Å². The minimum absolute atomic E-state index is 0.403. The number of rotatable bonds is 3. The Morgan fingerprint density at radius 2 is 1.48 bits per heavy atom. The molecule has 1 heterocycles. The fourth-order valence-electron chi connectivity index (χ4n) is 3.67. The maximum atomic E-state index is 13.3. The van der Waals surface area contributed by atoms with E-state index < -0.39 is 10.0 Å². The predicted molar refractivity (Wildman–Crippen MR) is 111 cm³/mol. The van der Waals surface area contributed by atoms with Crippen LogP contribution in [0, 0.1) is 13.8 Å². The lowest BCUT2D eigenvalue weighted by atomic mass is 10.1. The van der Waals surface area contributed by atoms with E-state index in [2.05, 4.69) is 36.9 Å². The third kappa shape index (κ3) is 3.33. The van der Waals surface area contributed by atoms with Gasteiger partial charge in [-0.3, -0.25) is 0 Å². The van der Waals surface area contributed by atoms with Crippen LogP contribution in [0.15, 0.2) is 65.6 Å². The van der Waals surface area contributed by atoms with Crippen molar-refractivity contribution in [1.29, 1.82) is 0 Å². The summed E-state index contributed by atoms with van der Waals surface area (Å²) in [4.78, 5) is 2.67. The van der Waals surface area contributed by atoms with E-state index in [-0.39, 0.29) is 0 Å². The molecule has 1 aliphatic rings. The van der Waals surface area contributed by atoms with Gasteiger partial charge in [-0.25, -0.2) is 8.42 Å². The van der Waals surface area contributed by atoms with E-state index in [4.69, 9.17) is 0 Å². The van der Waals surface area contributed by atoms with Crippen molar-refractivity contribution in [1.82, 2.24) is 4.31 Å². The van der Waals surface area contributed by atoms with Gasteiger partial charge in [0, 0.05) is 37.3 Å². The SMILES string of the molecule is Cc1ccc(N2CCN(S(=O)(=O)c3cccc4ccccc34)CC2)cc1C. The van der Waals surface area contributed by atoms with E-state index >= 15 is 0 Å². The van der Waals surface area contributed by atoms with Crippen molar-refractivity contribution in [2.45, 2.75) is 18.7 Å². The van der Waals surface area contributed by atoms with Gasteiger partial charge in [-0.15, -0.1) is 0 Å². The number of fused-ring (bicyclic) bond motifs is 1. The highest BCUT2D eigenvalue weighted by Gasteiger charge is 2.29. The van der Waals surface area contributed by atoms with Crippen LogP contribution in [0.5, 0.6) is 0 Å². The summed E-state index contributed by atoms with van der Waals surface area (Å²) in [7, 11) is -3.50. The molecule has 5 heteroatoms. The minimum Gasteiger partial charge on any atom is -0.369 e. The molecule has 1 saturated heterocycles. The normalized spacial score (nSPS) is 16.0. The lowest BCUT2D eigenvalue weighted by molar-refractivity contribution is 0.385. The highest BCUT2D eigenvalue weighted by Crippen LogP contribution is 2.27. The van der Waals surface area contributed by atoms with Crippen LogP contribution >= 0.6 is 0 Å². The summed E-state index contributed by atoms with van der Waals surface area (Å²) in [5, 5.41) is 1.74. The van der Waals surface area contributed by atoms with Gasteiger partial charge in [0.25, 0.3) is 0 Å². The second-order valence-corrected chi connectivity index (χ2v) is 9.04. The van der Waals surface area contributed by atoms with Gasteiger partial charge in [-0.2, -0.15) is 4.31 Å². The second kappa shape index (κ2) is 6.98. The summed E-state index contributed by atoms with van der Waals surface area (Å²) in [6.45, 7) is 6.61. The van der Waals surface area contributed by atoms with Crippen molar-refractivity contribution < 1.29 is 8.42 Å². The van der Waals surface area contributed by atoms with Gasteiger partial charge in [-0.05, 0) is 48.6 Å². The fourth-order valence-corrected chi connectivity index (χ4v) is 5.31. The van der Waals surface area contributed by atoms with E-state index in [1.165, 1.54) is 16.8 Å². The fraction of sp³-hybridized carbons (Fsp3) is 0.273. The van der Waals surface area contributed by atoms with Gasteiger partial charge < -0.3 is 4.90 Å². The molecule has 0 aromatic heterocycles. The molecule has 1 aliphatic heterocycles. The summed E-state index contributed by atoms with van der Waals surface area (Å²) in [5.74, 6) is 0. The number of aryl methyl sites for hydroxylation is 2. The Kier molecular flexibility index (Phi) is 4.66. The van der Waals surface area contributed by atoms with E-state index in [1.807, 2.05) is 36.4 Å². The van der Waals surface area contributed by atoms with Crippen molar-refractivity contribution in [3.8, 4) is 0 Å². The molecule has 140 valence electrons. The molecule has 0 aliphatic carbocycles. The average molecular weight is 381 g/mol. The smallest absolute Gasteiger partial charge is 0.243 e. The highest BCUT2D eigenvalue weighted by molar-refractivity contribution is 7.89. The van der Waals surface area contributed by atoms with Crippen molar-refractivity contribution in [2.24, 2.45) is 0 Å². The zero-order valence-electron chi connectivity index (χ0n) is 15.7. The molecule has 3 aromatic carbocycles. The first kappa shape index (κ1) is 18.0. The quantitative estimate of drug-likeness (QED) is 0.690. The molecule has 4 nitrogen and oxygen atoms in total. The molecule has 0 spiro atoms. The monoisotopic (exact) mass is 380 g/mol. The van der Waals surface area contributed by atoms with Crippen LogP contribution in [-0.4, -0.2) is 38.9 Å². The van der Waals surface area contributed by atoms with Gasteiger partial charge in [0.05, 0.1) is 4.90 Å². The first-order chi connectivity index (χ1) is 13.0. The van der Waals surface area contributed by atoms with Crippen LogP contribution in [-0.2, 0) is 10.0 Å². The second-order valence-electron chi connectivity index (χ2n) is 7.14. The van der Waals surface area contributed by atoms with Gasteiger partial charge in [-0.1, -0.05) is 42.5 Å². The number of nitrogens with zero attached hydrogens (tertiary/aromatic N) is 2. The summed E-state index contributed by atoms with van der Waals surface area (Å²) in [6.07, 6.45) is 0. The number of hydrogen-bond donors (Lipinski definition) is 0. The standard InChI is InChI=1S/C22H24N2O2S/c1-17-10-11-20(16-18(17)2)23-12-14-24(15-13-23)27(25,26)22-9-5-7-19-6-3-4-8-21(19)22/h3-11,16H,12-15H2,1-2H3. The Bertz CT molecular complexity index is 1080. The average Bonchev–Trinajstić information content (AvgIpc) is 2.69. The van der Waals surface area contributed by atoms with Crippen molar-refractivity contribution in [3.63, 3.8) is 0 Å². The van der Waals surface area contributed by atoms with Crippen molar-refractivity contribution >= 4 is 26.5 Å². The molecule has 0 unspecified atom stereocenters. The van der Waals surface area contributed by atoms with E-state index in [9.17, 15) is 8.42 Å². The largest absolute Gasteiger partial charge is 0.369 e. The Labute approximate surface area is 161 Å². The highest BCUT2D eigenvalue weighted by atomic mass is 32.2. The molecule has 0 atom stereocenters. The molecule has 0 saturated carbocycles. The van der Waals surface area contributed by atoms with Crippen molar-refractivity contribution in [3.05, 3.63) is 71.8 Å². The van der Waals surface area contributed by atoms with E-state index in [0.29, 0.717) is 31.1 Å². The van der Waals surface area contributed by atoms with Crippen LogP contribution in [0.3, 0.4) is 0 Å². The van der Waals surface area contributed by atoms with Gasteiger partial charge >= 0.3 is 0 Å². The van der Waals surface area contributed by atoms with Crippen molar-refractivity contribution in [2.75, 3.05) is 31.1 Å². The first-order valence-electron chi connectivity index (χ1n) is 9.27. The molecular formula is C22H24N2O2S. The number of hydrogen-bond acceptors (Lipinski definition) is 3. The molecular weight excluding hydrogens is 356 g/mol. The predicted octanol–water partition coefficient (Wildman–Crippen LogP) is 3.97. The number of sulfonamides is 1. The third-order valence-electron chi connectivity index (χ3n) is 5.46. The Hall–Kier alpha value is -2.37. The van der Waals surface area contributed by atoms with Crippen LogP contribution in [0.1, 0.15) is 11.1 Å². The van der Waals surface area contributed by atoms with E-state index in [1.54, 1.807) is 10.4 Å². The molecule has 4 rings (SSSR count). The summed E-state index contributed by atoms with van der Waals surface area (Å²) >= 11 is 0. The zero-order valence-corrected chi connectivity index (χ0v) is 16.5. The molecule has 0 amide bonds. The zero-order chi connectivity index (χ0) is 19.0. The first-order valence-corrected chi connectivity index (χ1v) is 10.7. The van der Waals surface area contributed by atoms with Gasteiger partial charge in [0.15, 0.2) is 0 Å². The van der Waals surface area contributed by atoms with Gasteiger partial charge in [0.2, 0.25) is 10.0 Å². The van der Waals surface area contributed by atoms with Crippen LogP contribution in [0.25, 0.3) is 10.8 Å². The number of piperazine rings is 1. The lowest BCUT2D eigenvalue weighted by Crippen LogP contribution is -2.48. The molecule has 27 heavy (non-hydrogen) atoms. The molecule has 0 bridgehead atoms. The number of benzene rings is 3. The summed E-state index contributed by atoms with van der Waals surface area (Å²) in [6, 6.07) is 19.6. The maximum Gasteiger partial charge on any atom is 0.243 e. The lowest BCUT2D eigenvalue weighted by Gasteiger charge is -2.35. The van der Waals surface area contributed by atoms with Crippen LogP contribution < -0.4 is 4.90 Å². The Balaban J connectivity index is 1.57. The molecule has 1 fully saturated rings. The Morgan fingerprint density at radius 1 is 0.778 bits per heavy atom. The van der Waals surface area contributed by atoms with Crippen LogP contribution in [0.4, 0.5) is 5.69 Å². The number of anilines is 1. The molecule has 0 N–H and O–H groups in total. The third-order valence-corrected chi connectivity index (χ3v) is 7.42. The van der Waals surface area contributed by atoms with Crippen LogP contribution in [0.2, 0.25) is 0 Å². The van der Waals surface area contributed by atoms with E-state index in [0.717, 1.165) is 10.8 Å². The minimum atomic E-state index is -3.50. The summed E-state index contributed by atoms with van der Waals surface area (Å²) in [5.41, 5.74) is 3.70. The maximum absolute atomic E-state index is 13.3.